The lowest BCUT2D eigenvalue weighted by molar-refractivity contribution is 0.142. The molecule has 1 aromatic heterocycles. The first-order valence-corrected chi connectivity index (χ1v) is 10.2. The van der Waals surface area contributed by atoms with Gasteiger partial charge in [0.2, 0.25) is 10.0 Å². The summed E-state index contributed by atoms with van der Waals surface area (Å²) in [5, 5.41) is 0. The molecule has 1 saturated heterocycles. The van der Waals surface area contributed by atoms with Crippen molar-refractivity contribution in [3.8, 4) is 5.75 Å². The van der Waals surface area contributed by atoms with Gasteiger partial charge in [0.1, 0.15) is 11.6 Å². The Labute approximate surface area is 155 Å². The number of aryl methyl sites for hydroxylation is 1. The van der Waals surface area contributed by atoms with Crippen molar-refractivity contribution in [3.05, 3.63) is 42.0 Å². The number of sulfonamides is 1. The molecule has 1 N–H and O–H groups in total. The summed E-state index contributed by atoms with van der Waals surface area (Å²) in [6.45, 7) is 7.24. The number of nitrogens with zero attached hydrogens (tertiary/aromatic N) is 3. The summed E-state index contributed by atoms with van der Waals surface area (Å²) in [6, 6.07) is 4.97. The van der Waals surface area contributed by atoms with Crippen molar-refractivity contribution in [2.75, 3.05) is 26.7 Å². The highest BCUT2D eigenvalue weighted by Gasteiger charge is 2.34. The first-order chi connectivity index (χ1) is 12.3. The molecule has 0 saturated carbocycles. The van der Waals surface area contributed by atoms with E-state index in [0.29, 0.717) is 30.3 Å². The summed E-state index contributed by atoms with van der Waals surface area (Å²) in [5.41, 5.74) is 0.816. The third kappa shape index (κ3) is 3.77. The zero-order valence-electron chi connectivity index (χ0n) is 15.6. The number of benzene rings is 1. The van der Waals surface area contributed by atoms with Crippen LogP contribution in [0, 0.1) is 6.92 Å². The average Bonchev–Trinajstić information content (AvgIpc) is 3.10. The Hall–Kier alpha value is -1.90. The fourth-order valence-corrected chi connectivity index (χ4v) is 4.66. The van der Waals surface area contributed by atoms with Crippen molar-refractivity contribution in [2.45, 2.75) is 37.8 Å². The second-order valence-corrected chi connectivity index (χ2v) is 8.87. The Bertz CT molecular complexity index is 849. The maximum absolute atomic E-state index is 13.1. The Morgan fingerprint density at radius 1 is 1.31 bits per heavy atom. The van der Waals surface area contributed by atoms with Crippen LogP contribution in [0.4, 0.5) is 0 Å². The molecule has 0 unspecified atom stereocenters. The minimum atomic E-state index is -3.57. The number of aromatic amines is 1. The van der Waals surface area contributed by atoms with Gasteiger partial charge in [-0.1, -0.05) is 0 Å². The second kappa shape index (κ2) is 7.38. The predicted molar refractivity (Wildman–Crippen MR) is 99.7 cm³/mol. The zero-order valence-corrected chi connectivity index (χ0v) is 16.5. The number of H-pyrrole nitrogens is 1. The third-order valence-corrected chi connectivity index (χ3v) is 6.45. The normalized spacial score (nSPS) is 19.8. The van der Waals surface area contributed by atoms with Gasteiger partial charge < -0.3 is 9.72 Å². The van der Waals surface area contributed by atoms with Crippen molar-refractivity contribution in [2.24, 2.45) is 0 Å². The van der Waals surface area contributed by atoms with E-state index in [0.717, 1.165) is 11.4 Å². The Morgan fingerprint density at radius 3 is 2.69 bits per heavy atom. The van der Waals surface area contributed by atoms with E-state index < -0.39 is 10.0 Å². The van der Waals surface area contributed by atoms with Crippen LogP contribution in [-0.2, 0) is 10.0 Å². The van der Waals surface area contributed by atoms with Gasteiger partial charge in [0, 0.05) is 32.0 Å². The molecule has 26 heavy (non-hydrogen) atoms. The molecule has 8 heteroatoms. The topological polar surface area (TPSA) is 78.5 Å². The van der Waals surface area contributed by atoms with Crippen LogP contribution >= 0.6 is 0 Å². The molecule has 1 aromatic carbocycles. The van der Waals surface area contributed by atoms with E-state index in [2.05, 4.69) is 14.9 Å². The summed E-state index contributed by atoms with van der Waals surface area (Å²) in [7, 11) is -1.58. The highest BCUT2D eigenvalue weighted by molar-refractivity contribution is 7.89. The number of hydrogen-bond donors (Lipinski definition) is 1. The van der Waals surface area contributed by atoms with Crippen molar-refractivity contribution in [1.29, 1.82) is 0 Å². The number of rotatable bonds is 5. The monoisotopic (exact) mass is 378 g/mol. The molecule has 1 atom stereocenters. The van der Waals surface area contributed by atoms with Crippen LogP contribution in [0.2, 0.25) is 0 Å². The number of piperazine rings is 1. The lowest BCUT2D eigenvalue weighted by Gasteiger charge is -2.37. The number of hydrogen-bond acceptors (Lipinski definition) is 5. The molecule has 2 heterocycles. The molecule has 0 aliphatic carbocycles. The van der Waals surface area contributed by atoms with Gasteiger partial charge in [-0.3, -0.25) is 4.90 Å². The largest absolute Gasteiger partial charge is 0.491 e. The van der Waals surface area contributed by atoms with Crippen molar-refractivity contribution in [1.82, 2.24) is 19.2 Å². The summed E-state index contributed by atoms with van der Waals surface area (Å²) < 4.78 is 33.5. The molecule has 3 rings (SSSR count). The molecule has 1 aliphatic rings. The quantitative estimate of drug-likeness (QED) is 0.863. The van der Waals surface area contributed by atoms with Gasteiger partial charge in [0.15, 0.2) is 0 Å². The standard InChI is InChI=1S/C18H26N4O3S/c1-13(2)25-17-6-5-15(11-14(17)3)26(23,24)22-10-9-21(4)16(12-22)18-19-7-8-20-18/h5-8,11,13,16H,9-10,12H2,1-4H3,(H,19,20)/t16-/m0/s1. The molecule has 1 aliphatic heterocycles. The smallest absolute Gasteiger partial charge is 0.243 e. The van der Waals surface area contributed by atoms with Gasteiger partial charge in [-0.2, -0.15) is 4.31 Å². The van der Waals surface area contributed by atoms with Crippen molar-refractivity contribution >= 4 is 10.0 Å². The van der Waals surface area contributed by atoms with Crippen LogP contribution < -0.4 is 4.74 Å². The summed E-state index contributed by atoms with van der Waals surface area (Å²) in [5.74, 6) is 1.50. The number of ether oxygens (including phenoxy) is 1. The van der Waals surface area contributed by atoms with Gasteiger partial charge in [0.25, 0.3) is 0 Å². The van der Waals surface area contributed by atoms with E-state index in [1.165, 1.54) is 4.31 Å². The fraction of sp³-hybridized carbons (Fsp3) is 0.500. The van der Waals surface area contributed by atoms with Gasteiger partial charge in [-0.15, -0.1) is 0 Å². The van der Waals surface area contributed by atoms with Gasteiger partial charge in [0.05, 0.1) is 17.0 Å². The Balaban J connectivity index is 1.84. The minimum absolute atomic E-state index is 0.0443. The van der Waals surface area contributed by atoms with Crippen molar-refractivity contribution in [3.63, 3.8) is 0 Å². The Morgan fingerprint density at radius 2 is 2.08 bits per heavy atom. The predicted octanol–water partition coefficient (Wildman–Crippen LogP) is 2.18. The van der Waals surface area contributed by atoms with Crippen molar-refractivity contribution < 1.29 is 13.2 Å². The lowest BCUT2D eigenvalue weighted by Crippen LogP contribution is -2.49. The van der Waals surface area contributed by atoms with Gasteiger partial charge in [-0.25, -0.2) is 13.4 Å². The molecular weight excluding hydrogens is 352 g/mol. The summed E-state index contributed by atoms with van der Waals surface area (Å²) in [4.78, 5) is 9.81. The summed E-state index contributed by atoms with van der Waals surface area (Å²) in [6.07, 6.45) is 3.49. The SMILES string of the molecule is Cc1cc(S(=O)(=O)N2CCN(C)[C@H](c3ncc[nH]3)C2)ccc1OC(C)C. The van der Waals surface area contributed by atoms with Crippen LogP contribution in [-0.4, -0.2) is 60.4 Å². The molecule has 1 fully saturated rings. The molecule has 0 amide bonds. The van der Waals surface area contributed by atoms with E-state index >= 15 is 0 Å². The van der Waals surface area contributed by atoms with Gasteiger partial charge >= 0.3 is 0 Å². The maximum Gasteiger partial charge on any atom is 0.243 e. The molecule has 0 bridgehead atoms. The molecule has 142 valence electrons. The average molecular weight is 378 g/mol. The Kier molecular flexibility index (Phi) is 5.36. The molecule has 7 nitrogen and oxygen atoms in total. The highest BCUT2D eigenvalue weighted by atomic mass is 32.2. The van der Waals surface area contributed by atoms with E-state index in [4.69, 9.17) is 4.74 Å². The van der Waals surface area contributed by atoms with Gasteiger partial charge in [-0.05, 0) is 51.6 Å². The number of nitrogens with one attached hydrogen (secondary N) is 1. The van der Waals surface area contributed by atoms with Crippen LogP contribution in [0.5, 0.6) is 5.75 Å². The number of imidazole rings is 1. The number of likely N-dealkylation sites (N-methyl/N-ethyl adjacent to an activating group) is 1. The molecule has 2 aromatic rings. The highest BCUT2D eigenvalue weighted by Crippen LogP contribution is 2.28. The molecular formula is C18H26N4O3S. The van der Waals surface area contributed by atoms with E-state index in [-0.39, 0.29) is 12.1 Å². The van der Waals surface area contributed by atoms with Crippen LogP contribution in [0.15, 0.2) is 35.5 Å². The first-order valence-electron chi connectivity index (χ1n) is 8.76. The minimum Gasteiger partial charge on any atom is -0.491 e. The van der Waals surface area contributed by atoms with E-state index in [1.54, 1.807) is 30.6 Å². The molecule has 0 radical (unpaired) electrons. The van der Waals surface area contributed by atoms with Crippen LogP contribution in [0.1, 0.15) is 31.3 Å². The third-order valence-electron chi connectivity index (χ3n) is 4.59. The van der Waals surface area contributed by atoms with Crippen LogP contribution in [0.25, 0.3) is 0 Å². The fourth-order valence-electron chi connectivity index (χ4n) is 3.14. The maximum atomic E-state index is 13.1. The second-order valence-electron chi connectivity index (χ2n) is 6.93. The zero-order chi connectivity index (χ0) is 18.9. The van der Waals surface area contributed by atoms with E-state index in [9.17, 15) is 8.42 Å². The molecule has 0 spiro atoms. The van der Waals surface area contributed by atoms with Crippen LogP contribution in [0.3, 0.4) is 0 Å². The lowest BCUT2D eigenvalue weighted by atomic mass is 10.2. The summed E-state index contributed by atoms with van der Waals surface area (Å²) >= 11 is 0. The van der Waals surface area contributed by atoms with E-state index in [1.807, 2.05) is 27.8 Å². The first kappa shape index (κ1) is 18.9. The number of aromatic nitrogens is 2.